The van der Waals surface area contributed by atoms with Gasteiger partial charge >= 0.3 is 5.97 Å². The van der Waals surface area contributed by atoms with Crippen LogP contribution >= 0.6 is 0 Å². The molecule has 3 nitrogen and oxygen atoms in total. The van der Waals surface area contributed by atoms with Crippen LogP contribution in [0.1, 0.15) is 225 Å². The van der Waals surface area contributed by atoms with Crippen molar-refractivity contribution >= 4 is 5.97 Å². The molecular weight excluding hydrogens is 576 g/mol. The summed E-state index contributed by atoms with van der Waals surface area (Å²) in [5, 5.41) is 8.80. The summed E-state index contributed by atoms with van der Waals surface area (Å²) in [5.74, 6) is 0.00498. The van der Waals surface area contributed by atoms with E-state index in [1.54, 1.807) is 0 Å². The fourth-order valence-electron chi connectivity index (χ4n) is 6.25. The van der Waals surface area contributed by atoms with Gasteiger partial charge < -0.3 is 9.84 Å². The molecule has 47 heavy (non-hydrogen) atoms. The zero-order valence-corrected chi connectivity index (χ0v) is 31.7. The average molecular weight is 659 g/mol. The molecule has 1 N–H and O–H groups in total. The van der Waals surface area contributed by atoms with Crippen molar-refractivity contribution in [2.75, 3.05) is 13.2 Å². The van der Waals surface area contributed by atoms with Crippen molar-refractivity contribution in [1.82, 2.24) is 0 Å². The van der Waals surface area contributed by atoms with Gasteiger partial charge in [0, 0.05) is 13.0 Å². The minimum Gasteiger partial charge on any atom is -0.466 e. The number of ether oxygens (including phenoxy) is 1. The first kappa shape index (κ1) is 45.6. The smallest absolute Gasteiger partial charge is 0.305 e. The Morgan fingerprint density at radius 1 is 0.426 bits per heavy atom. The predicted octanol–water partition coefficient (Wildman–Crippen LogP) is 14.5. The maximum absolute atomic E-state index is 12.0. The van der Waals surface area contributed by atoms with Gasteiger partial charge in [-0.3, -0.25) is 4.79 Å². The molecule has 0 saturated carbocycles. The number of unbranched alkanes of at least 4 members (excludes halogenated alkanes) is 28. The molecule has 0 aliphatic rings. The third kappa shape index (κ3) is 42.6. The van der Waals surface area contributed by atoms with Crippen molar-refractivity contribution in [3.05, 3.63) is 36.5 Å². The summed E-state index contributed by atoms with van der Waals surface area (Å²) in [6.07, 6.45) is 56.8. The number of hydrogen-bond donors (Lipinski definition) is 1. The van der Waals surface area contributed by atoms with Crippen molar-refractivity contribution in [1.29, 1.82) is 0 Å². The number of carbonyl (C=O) groups excluding carboxylic acids is 1. The first-order valence-corrected chi connectivity index (χ1v) is 21.0. The van der Waals surface area contributed by atoms with Gasteiger partial charge in [0.2, 0.25) is 0 Å². The molecule has 0 aromatic heterocycles. The first-order chi connectivity index (χ1) is 23.3. The Hall–Kier alpha value is -1.35. The van der Waals surface area contributed by atoms with Crippen LogP contribution in [0.4, 0.5) is 0 Å². The van der Waals surface area contributed by atoms with Crippen molar-refractivity contribution in [3.63, 3.8) is 0 Å². The maximum atomic E-state index is 12.0. The molecule has 0 spiro atoms. The van der Waals surface area contributed by atoms with Gasteiger partial charge in [-0.15, -0.1) is 0 Å². The summed E-state index contributed by atoms with van der Waals surface area (Å²) in [7, 11) is 0. The Balaban J connectivity index is 3.19. The third-order valence-corrected chi connectivity index (χ3v) is 9.35. The lowest BCUT2D eigenvalue weighted by molar-refractivity contribution is -0.143. The summed E-state index contributed by atoms with van der Waals surface area (Å²) in [6, 6.07) is 0. The summed E-state index contributed by atoms with van der Waals surface area (Å²) >= 11 is 0. The van der Waals surface area contributed by atoms with Gasteiger partial charge in [-0.25, -0.2) is 0 Å². The largest absolute Gasteiger partial charge is 0.466 e. The van der Waals surface area contributed by atoms with E-state index in [0.717, 1.165) is 44.9 Å². The van der Waals surface area contributed by atoms with E-state index in [1.165, 1.54) is 167 Å². The molecular formula is C44H82O3. The highest BCUT2D eigenvalue weighted by molar-refractivity contribution is 5.69. The molecule has 0 bridgehead atoms. The highest BCUT2D eigenvalue weighted by Crippen LogP contribution is 2.16. The van der Waals surface area contributed by atoms with Crippen LogP contribution in [0.25, 0.3) is 0 Å². The van der Waals surface area contributed by atoms with Gasteiger partial charge in [-0.2, -0.15) is 0 Å². The van der Waals surface area contributed by atoms with E-state index in [-0.39, 0.29) is 5.97 Å². The molecule has 3 heteroatoms. The monoisotopic (exact) mass is 659 g/mol. The second-order valence-electron chi connectivity index (χ2n) is 14.0. The van der Waals surface area contributed by atoms with Crippen LogP contribution in [0.15, 0.2) is 36.5 Å². The molecule has 0 amide bonds. The number of allylic oxidation sites excluding steroid dienone is 6. The minimum atomic E-state index is 0.00498. The molecule has 0 radical (unpaired) electrons. The van der Waals surface area contributed by atoms with Crippen molar-refractivity contribution in [2.24, 2.45) is 0 Å². The lowest BCUT2D eigenvalue weighted by atomic mass is 10.0. The van der Waals surface area contributed by atoms with Crippen LogP contribution in [0.3, 0.4) is 0 Å². The van der Waals surface area contributed by atoms with E-state index in [2.05, 4.69) is 43.4 Å². The standard InChI is InChI=1S/C44H82O3/c1-2-3-4-5-6-7-8-9-20-23-26-29-32-35-38-41-44(46)47-43-40-37-34-31-28-25-22-19-17-15-13-11-10-12-14-16-18-21-24-27-30-33-36-39-42-45/h3-4,6-7,9,20,45H,2,5,8,10-19,21-43H2,1H3/b4-3-,7-6-,20-9-. The first-order valence-electron chi connectivity index (χ1n) is 21.0. The molecule has 0 aliphatic carbocycles. The molecule has 0 unspecified atom stereocenters. The number of aliphatic hydroxyl groups excluding tert-OH is 1. The van der Waals surface area contributed by atoms with E-state index in [1.807, 2.05) is 0 Å². The molecule has 0 heterocycles. The summed E-state index contributed by atoms with van der Waals surface area (Å²) in [5.41, 5.74) is 0. The van der Waals surface area contributed by atoms with Crippen molar-refractivity contribution in [2.45, 2.75) is 225 Å². The van der Waals surface area contributed by atoms with Crippen molar-refractivity contribution < 1.29 is 14.6 Å². The zero-order chi connectivity index (χ0) is 34.0. The van der Waals surface area contributed by atoms with Crippen LogP contribution in [0, 0.1) is 0 Å². The maximum Gasteiger partial charge on any atom is 0.305 e. The van der Waals surface area contributed by atoms with Crippen LogP contribution in [-0.2, 0) is 9.53 Å². The fraction of sp³-hybridized carbons (Fsp3) is 0.841. The SMILES string of the molecule is CC/C=C\C/C=C\C/C=C\CCCCCCCC(=O)OCCCCCCCCCCCCCCCCCCCCCCCCCCO. The van der Waals surface area contributed by atoms with Gasteiger partial charge in [0.1, 0.15) is 0 Å². The van der Waals surface area contributed by atoms with Crippen LogP contribution < -0.4 is 0 Å². The average Bonchev–Trinajstić information content (AvgIpc) is 3.08. The highest BCUT2D eigenvalue weighted by atomic mass is 16.5. The molecule has 0 aromatic rings. The summed E-state index contributed by atoms with van der Waals surface area (Å²) < 4.78 is 5.45. The van der Waals surface area contributed by atoms with Gasteiger partial charge in [-0.05, 0) is 51.4 Å². The van der Waals surface area contributed by atoms with Crippen LogP contribution in [0.2, 0.25) is 0 Å². The van der Waals surface area contributed by atoms with E-state index in [0.29, 0.717) is 19.6 Å². The second-order valence-corrected chi connectivity index (χ2v) is 14.0. The highest BCUT2D eigenvalue weighted by Gasteiger charge is 2.02. The molecule has 0 rings (SSSR count). The minimum absolute atomic E-state index is 0.00498. The fourth-order valence-corrected chi connectivity index (χ4v) is 6.25. The van der Waals surface area contributed by atoms with Crippen molar-refractivity contribution in [3.8, 4) is 0 Å². The quantitative estimate of drug-likeness (QED) is 0.0406. The number of rotatable bonds is 39. The molecule has 0 saturated heterocycles. The normalized spacial score (nSPS) is 12.0. The van der Waals surface area contributed by atoms with Crippen LogP contribution in [-0.4, -0.2) is 24.3 Å². The Bertz CT molecular complexity index is 680. The second kappa shape index (κ2) is 42.7. The molecule has 0 fully saturated rings. The topological polar surface area (TPSA) is 46.5 Å². The lowest BCUT2D eigenvalue weighted by Crippen LogP contribution is -2.05. The molecule has 0 aromatic carbocycles. The molecule has 276 valence electrons. The summed E-state index contributed by atoms with van der Waals surface area (Å²) in [4.78, 5) is 12.0. The number of carbonyl (C=O) groups is 1. The van der Waals surface area contributed by atoms with E-state index in [4.69, 9.17) is 9.84 Å². The Labute approximate surface area is 294 Å². The van der Waals surface area contributed by atoms with Gasteiger partial charge in [0.15, 0.2) is 0 Å². The molecule has 0 aliphatic heterocycles. The Kier molecular flexibility index (Phi) is 41.4. The third-order valence-electron chi connectivity index (χ3n) is 9.35. The Morgan fingerprint density at radius 2 is 0.766 bits per heavy atom. The predicted molar refractivity (Wildman–Crippen MR) is 208 cm³/mol. The van der Waals surface area contributed by atoms with Gasteiger partial charge in [0.05, 0.1) is 6.61 Å². The zero-order valence-electron chi connectivity index (χ0n) is 31.7. The summed E-state index contributed by atoms with van der Waals surface area (Å²) in [6.45, 7) is 3.15. The number of aliphatic hydroxyl groups is 1. The molecule has 0 atom stereocenters. The van der Waals surface area contributed by atoms with E-state index in [9.17, 15) is 4.79 Å². The Morgan fingerprint density at radius 3 is 1.19 bits per heavy atom. The lowest BCUT2D eigenvalue weighted by Gasteiger charge is -2.06. The van der Waals surface area contributed by atoms with E-state index < -0.39 is 0 Å². The van der Waals surface area contributed by atoms with Crippen LogP contribution in [0.5, 0.6) is 0 Å². The van der Waals surface area contributed by atoms with E-state index >= 15 is 0 Å². The van der Waals surface area contributed by atoms with Gasteiger partial charge in [0.25, 0.3) is 0 Å². The number of esters is 1. The number of hydrogen-bond acceptors (Lipinski definition) is 3. The van der Waals surface area contributed by atoms with Gasteiger partial charge in [-0.1, -0.05) is 204 Å².